The highest BCUT2D eigenvalue weighted by Crippen LogP contribution is 2.40. The highest BCUT2D eigenvalue weighted by atomic mass is 16.5. The standard InChI is InChI=1S/C34H39NO6/c1-3-39-34(37)29-22-28-26(18-19-30(38-2)32(28)40-21-20-24-12-6-4-7-13-24)23-35(29)33(36)31(25-14-8-5-9-15-25)41-27-16-10-11-17-27/h4-9,12-15,18-19,27,29,31H,3,10-11,16-17,20-23H2,1-2H3. The molecule has 2 unspecified atom stereocenters. The number of carbonyl (C=O) groups excluding carboxylic acids is 2. The largest absolute Gasteiger partial charge is 0.493 e. The molecule has 1 aliphatic heterocycles. The molecule has 3 aromatic rings. The molecule has 0 N–H and O–H groups in total. The second kappa shape index (κ2) is 13.7. The number of fused-ring (bicyclic) bond motifs is 1. The summed E-state index contributed by atoms with van der Waals surface area (Å²) in [5.74, 6) is 0.557. The molecule has 0 bridgehead atoms. The molecule has 5 rings (SSSR count). The fourth-order valence-corrected chi connectivity index (χ4v) is 5.81. The van der Waals surface area contributed by atoms with Gasteiger partial charge in [0.05, 0.1) is 26.4 Å². The number of ether oxygens (including phenoxy) is 4. The lowest BCUT2D eigenvalue weighted by atomic mass is 9.91. The van der Waals surface area contributed by atoms with Crippen LogP contribution in [0, 0.1) is 0 Å². The topological polar surface area (TPSA) is 74.3 Å². The molecule has 1 fully saturated rings. The fourth-order valence-electron chi connectivity index (χ4n) is 5.81. The summed E-state index contributed by atoms with van der Waals surface area (Å²) in [6.07, 6.45) is 4.29. The Morgan fingerprint density at radius 1 is 0.951 bits per heavy atom. The zero-order valence-electron chi connectivity index (χ0n) is 23.9. The predicted molar refractivity (Wildman–Crippen MR) is 156 cm³/mol. The van der Waals surface area contributed by atoms with Crippen LogP contribution in [0.4, 0.5) is 0 Å². The molecule has 7 heteroatoms. The van der Waals surface area contributed by atoms with E-state index in [-0.39, 0.29) is 31.6 Å². The van der Waals surface area contributed by atoms with Crippen molar-refractivity contribution < 1.29 is 28.5 Å². The SMILES string of the molecule is CCOC(=O)C1Cc2c(ccc(OC)c2OCCc2ccccc2)CN1C(=O)C(OC1CCCC1)c1ccccc1. The van der Waals surface area contributed by atoms with Crippen LogP contribution in [0.15, 0.2) is 72.8 Å². The summed E-state index contributed by atoms with van der Waals surface area (Å²) >= 11 is 0. The summed E-state index contributed by atoms with van der Waals surface area (Å²) in [7, 11) is 1.61. The van der Waals surface area contributed by atoms with E-state index in [4.69, 9.17) is 18.9 Å². The molecule has 0 radical (unpaired) electrons. The van der Waals surface area contributed by atoms with Gasteiger partial charge in [-0.2, -0.15) is 0 Å². The molecule has 0 saturated heterocycles. The Bertz CT molecular complexity index is 1310. The predicted octanol–water partition coefficient (Wildman–Crippen LogP) is 5.83. The average Bonchev–Trinajstić information content (AvgIpc) is 3.53. The van der Waals surface area contributed by atoms with E-state index in [1.807, 2.05) is 60.7 Å². The Kier molecular flexibility index (Phi) is 9.57. The van der Waals surface area contributed by atoms with Crippen molar-refractivity contribution in [2.45, 2.75) is 70.2 Å². The fraction of sp³-hybridized carbons (Fsp3) is 0.412. The third-order valence-corrected chi connectivity index (χ3v) is 7.93. The summed E-state index contributed by atoms with van der Waals surface area (Å²) in [6, 6.07) is 22.7. The summed E-state index contributed by atoms with van der Waals surface area (Å²) in [4.78, 5) is 29.3. The van der Waals surface area contributed by atoms with Crippen LogP contribution in [0.25, 0.3) is 0 Å². The van der Waals surface area contributed by atoms with Gasteiger partial charge in [-0.15, -0.1) is 0 Å². The van der Waals surface area contributed by atoms with E-state index in [1.165, 1.54) is 5.56 Å². The molecule has 0 spiro atoms. The minimum absolute atomic E-state index is 0.0242. The van der Waals surface area contributed by atoms with Crippen LogP contribution >= 0.6 is 0 Å². The minimum atomic E-state index is -0.808. The number of rotatable bonds is 11. The van der Waals surface area contributed by atoms with E-state index in [1.54, 1.807) is 18.9 Å². The summed E-state index contributed by atoms with van der Waals surface area (Å²) in [5, 5.41) is 0. The van der Waals surface area contributed by atoms with Crippen molar-refractivity contribution >= 4 is 11.9 Å². The summed E-state index contributed by atoms with van der Waals surface area (Å²) in [5.41, 5.74) is 3.75. The zero-order chi connectivity index (χ0) is 28.6. The van der Waals surface area contributed by atoms with Crippen LogP contribution in [0.1, 0.15) is 61.0 Å². The van der Waals surface area contributed by atoms with Gasteiger partial charge in [0.25, 0.3) is 5.91 Å². The number of benzene rings is 3. The van der Waals surface area contributed by atoms with Crippen molar-refractivity contribution in [2.75, 3.05) is 20.3 Å². The smallest absolute Gasteiger partial charge is 0.329 e. The first-order chi connectivity index (χ1) is 20.1. The van der Waals surface area contributed by atoms with E-state index in [0.29, 0.717) is 18.1 Å². The first-order valence-corrected chi connectivity index (χ1v) is 14.6. The van der Waals surface area contributed by atoms with E-state index >= 15 is 0 Å². The van der Waals surface area contributed by atoms with Gasteiger partial charge in [0.1, 0.15) is 6.04 Å². The van der Waals surface area contributed by atoms with Crippen molar-refractivity contribution in [3.63, 3.8) is 0 Å². The monoisotopic (exact) mass is 557 g/mol. The lowest BCUT2D eigenvalue weighted by Crippen LogP contribution is -2.51. The van der Waals surface area contributed by atoms with Crippen LogP contribution in [0.5, 0.6) is 11.5 Å². The minimum Gasteiger partial charge on any atom is -0.493 e. The maximum absolute atomic E-state index is 14.3. The number of hydrogen-bond acceptors (Lipinski definition) is 6. The normalized spacial score (nSPS) is 17.5. The van der Waals surface area contributed by atoms with Crippen LogP contribution in [0.2, 0.25) is 0 Å². The Morgan fingerprint density at radius 2 is 1.66 bits per heavy atom. The molecule has 2 aliphatic rings. The molecule has 1 aliphatic carbocycles. The van der Waals surface area contributed by atoms with Gasteiger partial charge in [0.15, 0.2) is 17.6 Å². The van der Waals surface area contributed by atoms with Gasteiger partial charge in [-0.1, -0.05) is 79.6 Å². The number of nitrogens with zero attached hydrogens (tertiary/aromatic N) is 1. The van der Waals surface area contributed by atoms with Gasteiger partial charge < -0.3 is 23.8 Å². The summed E-state index contributed by atoms with van der Waals surface area (Å²) in [6.45, 7) is 2.70. The number of hydrogen-bond donors (Lipinski definition) is 0. The molecule has 1 heterocycles. The third kappa shape index (κ3) is 6.73. The van der Waals surface area contributed by atoms with Gasteiger partial charge >= 0.3 is 5.97 Å². The second-order valence-corrected chi connectivity index (χ2v) is 10.6. The van der Waals surface area contributed by atoms with Gasteiger partial charge in [-0.3, -0.25) is 4.79 Å². The van der Waals surface area contributed by atoms with Gasteiger partial charge in [-0.05, 0) is 42.5 Å². The molecule has 41 heavy (non-hydrogen) atoms. The van der Waals surface area contributed by atoms with Crippen LogP contribution in [0.3, 0.4) is 0 Å². The Labute approximate surface area is 242 Å². The number of methoxy groups -OCH3 is 1. The van der Waals surface area contributed by atoms with Crippen LogP contribution < -0.4 is 9.47 Å². The van der Waals surface area contributed by atoms with Gasteiger partial charge in [-0.25, -0.2) is 4.79 Å². The molecule has 7 nitrogen and oxygen atoms in total. The Balaban J connectivity index is 1.45. The third-order valence-electron chi connectivity index (χ3n) is 7.93. The zero-order valence-corrected chi connectivity index (χ0v) is 23.9. The molecule has 1 saturated carbocycles. The summed E-state index contributed by atoms with van der Waals surface area (Å²) < 4.78 is 23.9. The number of amides is 1. The Hall–Kier alpha value is -3.84. The van der Waals surface area contributed by atoms with E-state index in [0.717, 1.165) is 48.8 Å². The molecule has 216 valence electrons. The molecular weight excluding hydrogens is 518 g/mol. The lowest BCUT2D eigenvalue weighted by molar-refractivity contribution is -0.163. The molecule has 2 atom stereocenters. The van der Waals surface area contributed by atoms with E-state index < -0.39 is 18.1 Å². The quantitative estimate of drug-likeness (QED) is 0.276. The van der Waals surface area contributed by atoms with Gasteiger partial charge in [0, 0.05) is 24.9 Å². The highest BCUT2D eigenvalue weighted by Gasteiger charge is 2.41. The average molecular weight is 558 g/mol. The van der Waals surface area contributed by atoms with E-state index in [2.05, 4.69) is 12.1 Å². The van der Waals surface area contributed by atoms with Crippen LogP contribution in [-0.4, -0.2) is 49.2 Å². The maximum Gasteiger partial charge on any atom is 0.329 e. The molecular formula is C34H39NO6. The van der Waals surface area contributed by atoms with Crippen LogP contribution in [-0.2, 0) is 38.4 Å². The van der Waals surface area contributed by atoms with Crippen molar-refractivity contribution in [3.05, 3.63) is 95.1 Å². The van der Waals surface area contributed by atoms with Crippen molar-refractivity contribution in [1.82, 2.24) is 4.90 Å². The van der Waals surface area contributed by atoms with E-state index in [9.17, 15) is 9.59 Å². The molecule has 1 amide bonds. The molecule has 3 aromatic carbocycles. The number of carbonyl (C=O) groups is 2. The molecule has 0 aromatic heterocycles. The second-order valence-electron chi connectivity index (χ2n) is 10.6. The van der Waals surface area contributed by atoms with Crippen molar-refractivity contribution in [3.8, 4) is 11.5 Å². The highest BCUT2D eigenvalue weighted by molar-refractivity contribution is 5.89. The number of esters is 1. The van der Waals surface area contributed by atoms with Gasteiger partial charge in [0.2, 0.25) is 0 Å². The first kappa shape index (κ1) is 28.7. The van der Waals surface area contributed by atoms with Crippen molar-refractivity contribution in [2.24, 2.45) is 0 Å². The Morgan fingerprint density at radius 3 is 2.34 bits per heavy atom. The first-order valence-electron chi connectivity index (χ1n) is 14.6. The lowest BCUT2D eigenvalue weighted by Gasteiger charge is -2.38. The maximum atomic E-state index is 14.3. The van der Waals surface area contributed by atoms with Crippen molar-refractivity contribution in [1.29, 1.82) is 0 Å².